The number of imidazole rings is 1. The normalized spacial score (nSPS) is 15.8. The van der Waals surface area contributed by atoms with Gasteiger partial charge in [0.25, 0.3) is 11.8 Å². The Kier molecular flexibility index (Phi) is 7.15. The summed E-state index contributed by atoms with van der Waals surface area (Å²) in [6, 6.07) is 10.1. The van der Waals surface area contributed by atoms with Crippen molar-refractivity contribution in [1.82, 2.24) is 19.4 Å². The molecule has 34 heavy (non-hydrogen) atoms. The van der Waals surface area contributed by atoms with E-state index in [0.717, 1.165) is 0 Å². The van der Waals surface area contributed by atoms with Crippen molar-refractivity contribution in [3.05, 3.63) is 53.2 Å². The number of nitrogens with zero attached hydrogens (tertiary/aromatic N) is 5. The van der Waals surface area contributed by atoms with E-state index >= 15 is 0 Å². The number of carbonyl (C=O) groups excluding carboxylic acids is 2. The van der Waals surface area contributed by atoms with Crippen molar-refractivity contribution in [2.45, 2.75) is 25.9 Å². The number of carbonyl (C=O) groups is 2. The van der Waals surface area contributed by atoms with Crippen molar-refractivity contribution in [2.24, 2.45) is 0 Å². The summed E-state index contributed by atoms with van der Waals surface area (Å²) in [5.74, 6) is -0.202. The van der Waals surface area contributed by atoms with Crippen LogP contribution in [0.2, 0.25) is 0 Å². The molecule has 3 aromatic rings. The highest BCUT2D eigenvalue weighted by atomic mass is 16.5. The Morgan fingerprint density at radius 2 is 2.18 bits per heavy atom. The van der Waals surface area contributed by atoms with Crippen LogP contribution in [0.15, 0.2) is 36.5 Å². The topological polar surface area (TPSA) is 122 Å². The third kappa shape index (κ3) is 4.90. The van der Waals surface area contributed by atoms with Crippen LogP contribution in [0, 0.1) is 11.3 Å². The predicted octanol–water partition coefficient (Wildman–Crippen LogP) is 2.45. The number of hydrogen-bond donors (Lipinski definition) is 1. The number of ether oxygens (including phenoxy) is 2. The lowest BCUT2D eigenvalue weighted by atomic mass is 10.1. The van der Waals surface area contributed by atoms with Gasteiger partial charge in [-0.3, -0.25) is 19.5 Å². The number of methoxy groups -OCH3 is 1. The molecule has 176 valence electrons. The molecular weight excluding hydrogens is 436 g/mol. The number of fused-ring (bicyclic) bond motifs is 1. The van der Waals surface area contributed by atoms with Crippen molar-refractivity contribution >= 4 is 28.9 Å². The number of anilines is 1. The molecule has 0 aliphatic carbocycles. The van der Waals surface area contributed by atoms with E-state index in [1.807, 2.05) is 13.0 Å². The summed E-state index contributed by atoms with van der Waals surface area (Å²) in [5, 5.41) is 11.9. The minimum Gasteiger partial charge on any atom is -0.385 e. The minimum absolute atomic E-state index is 0.0254. The number of benzene rings is 1. The Morgan fingerprint density at radius 3 is 2.94 bits per heavy atom. The van der Waals surface area contributed by atoms with Crippen LogP contribution in [0.5, 0.6) is 0 Å². The molecule has 10 nitrogen and oxygen atoms in total. The number of pyridine rings is 1. The first-order valence-electron chi connectivity index (χ1n) is 11.1. The van der Waals surface area contributed by atoms with Crippen molar-refractivity contribution in [3.8, 4) is 6.07 Å². The molecule has 1 aliphatic heterocycles. The maximum atomic E-state index is 13.1. The molecule has 0 bridgehead atoms. The average molecular weight is 463 g/mol. The van der Waals surface area contributed by atoms with Gasteiger partial charge in [-0.25, -0.2) is 9.97 Å². The van der Waals surface area contributed by atoms with Gasteiger partial charge in [0, 0.05) is 38.6 Å². The molecule has 1 saturated heterocycles. The Morgan fingerprint density at radius 1 is 1.32 bits per heavy atom. The summed E-state index contributed by atoms with van der Waals surface area (Å²) in [5.41, 5.74) is 2.24. The summed E-state index contributed by atoms with van der Waals surface area (Å²) in [6.07, 6.45) is 2.23. The zero-order chi connectivity index (χ0) is 24.1. The standard InChI is InChI=1S/C24H26N6O4/c1-16-15-34-10-8-29(16)23(32)19-12-20-21(26-14-19)30(7-4-9-33-2)24(27-20)28-22(31)18-6-3-5-17(11-18)13-25/h3,5-6,11-12,14,16H,4,7-10,15H2,1-2H3,(H,27,28,31)/t16-/m0/s1. The predicted molar refractivity (Wildman–Crippen MR) is 124 cm³/mol. The molecule has 4 rings (SSSR count). The number of amides is 2. The highest BCUT2D eigenvalue weighted by molar-refractivity contribution is 6.04. The zero-order valence-corrected chi connectivity index (χ0v) is 19.2. The third-order valence-electron chi connectivity index (χ3n) is 5.67. The third-order valence-corrected chi connectivity index (χ3v) is 5.67. The first-order chi connectivity index (χ1) is 16.5. The van der Waals surface area contributed by atoms with E-state index in [1.165, 1.54) is 6.07 Å². The SMILES string of the molecule is COCCCn1c(NC(=O)c2cccc(C#N)c2)nc2cc(C(=O)N3CCOC[C@@H]3C)cnc21. The van der Waals surface area contributed by atoms with Gasteiger partial charge in [0.05, 0.1) is 36.5 Å². The molecule has 0 unspecified atom stereocenters. The molecule has 2 amide bonds. The lowest BCUT2D eigenvalue weighted by molar-refractivity contribution is 0.00358. The van der Waals surface area contributed by atoms with E-state index in [1.54, 1.807) is 47.0 Å². The molecule has 1 N–H and O–H groups in total. The quantitative estimate of drug-likeness (QED) is 0.535. The van der Waals surface area contributed by atoms with Gasteiger partial charge in [0.1, 0.15) is 5.52 Å². The van der Waals surface area contributed by atoms with Crippen LogP contribution in [-0.4, -0.2) is 70.8 Å². The summed E-state index contributed by atoms with van der Waals surface area (Å²) >= 11 is 0. The second-order valence-electron chi connectivity index (χ2n) is 8.07. The van der Waals surface area contributed by atoms with Gasteiger partial charge < -0.3 is 14.4 Å². The molecule has 10 heteroatoms. The van der Waals surface area contributed by atoms with Crippen LogP contribution in [0.3, 0.4) is 0 Å². The minimum atomic E-state index is -0.390. The molecule has 1 aromatic carbocycles. The van der Waals surface area contributed by atoms with E-state index in [2.05, 4.69) is 15.3 Å². The fourth-order valence-electron chi connectivity index (χ4n) is 3.90. The highest BCUT2D eigenvalue weighted by Gasteiger charge is 2.26. The molecule has 1 atom stereocenters. The van der Waals surface area contributed by atoms with Gasteiger partial charge in [-0.05, 0) is 37.6 Å². The number of aryl methyl sites for hydroxylation is 1. The number of morpholine rings is 1. The Labute approximate surface area is 197 Å². The maximum Gasteiger partial charge on any atom is 0.258 e. The smallest absolute Gasteiger partial charge is 0.258 e. The average Bonchev–Trinajstić information content (AvgIpc) is 3.20. The molecule has 0 radical (unpaired) electrons. The molecule has 1 aliphatic rings. The molecule has 2 aromatic heterocycles. The van der Waals surface area contributed by atoms with Crippen molar-refractivity contribution in [1.29, 1.82) is 5.26 Å². The second-order valence-corrected chi connectivity index (χ2v) is 8.07. The monoisotopic (exact) mass is 462 g/mol. The summed E-state index contributed by atoms with van der Waals surface area (Å²) in [4.78, 5) is 36.8. The van der Waals surface area contributed by atoms with Crippen LogP contribution < -0.4 is 5.32 Å². The van der Waals surface area contributed by atoms with Gasteiger partial charge in [-0.2, -0.15) is 5.26 Å². The van der Waals surface area contributed by atoms with Crippen LogP contribution >= 0.6 is 0 Å². The van der Waals surface area contributed by atoms with Crippen LogP contribution in [0.1, 0.15) is 39.6 Å². The molecule has 0 spiro atoms. The van der Waals surface area contributed by atoms with E-state index in [-0.39, 0.29) is 17.9 Å². The van der Waals surface area contributed by atoms with E-state index in [9.17, 15) is 9.59 Å². The van der Waals surface area contributed by atoms with Gasteiger partial charge in [0.2, 0.25) is 5.95 Å². The first kappa shape index (κ1) is 23.4. The fraction of sp³-hybridized carbons (Fsp3) is 0.375. The van der Waals surface area contributed by atoms with Gasteiger partial charge >= 0.3 is 0 Å². The van der Waals surface area contributed by atoms with Crippen LogP contribution in [0.25, 0.3) is 11.2 Å². The van der Waals surface area contributed by atoms with E-state index < -0.39 is 0 Å². The maximum absolute atomic E-state index is 13.1. The van der Waals surface area contributed by atoms with E-state index in [4.69, 9.17) is 14.7 Å². The lowest BCUT2D eigenvalue weighted by Gasteiger charge is -2.33. The molecule has 3 heterocycles. The number of aromatic nitrogens is 3. The Balaban J connectivity index is 1.65. The largest absolute Gasteiger partial charge is 0.385 e. The number of rotatable bonds is 7. The first-order valence-corrected chi connectivity index (χ1v) is 11.1. The van der Waals surface area contributed by atoms with Gasteiger partial charge in [0.15, 0.2) is 5.65 Å². The number of hydrogen-bond acceptors (Lipinski definition) is 7. The Bertz CT molecular complexity index is 1250. The number of nitrogens with one attached hydrogen (secondary N) is 1. The zero-order valence-electron chi connectivity index (χ0n) is 19.2. The van der Waals surface area contributed by atoms with Gasteiger partial charge in [-0.15, -0.1) is 0 Å². The van der Waals surface area contributed by atoms with Crippen LogP contribution in [-0.2, 0) is 16.0 Å². The summed E-state index contributed by atoms with van der Waals surface area (Å²) in [7, 11) is 1.62. The number of nitriles is 1. The highest BCUT2D eigenvalue weighted by Crippen LogP contribution is 2.22. The lowest BCUT2D eigenvalue weighted by Crippen LogP contribution is -2.47. The molecule has 1 fully saturated rings. The second kappa shape index (κ2) is 10.4. The fourth-order valence-corrected chi connectivity index (χ4v) is 3.90. The van der Waals surface area contributed by atoms with Crippen molar-refractivity contribution in [3.63, 3.8) is 0 Å². The van der Waals surface area contributed by atoms with Crippen molar-refractivity contribution < 1.29 is 19.1 Å². The van der Waals surface area contributed by atoms with Gasteiger partial charge in [-0.1, -0.05) is 6.07 Å². The molecule has 0 saturated carbocycles. The van der Waals surface area contributed by atoms with Crippen molar-refractivity contribution in [2.75, 3.05) is 38.8 Å². The Hall–Kier alpha value is -3.81. The molecular formula is C24H26N6O4. The summed E-state index contributed by atoms with van der Waals surface area (Å²) < 4.78 is 12.4. The van der Waals surface area contributed by atoms with E-state index in [0.29, 0.717) is 73.1 Å². The van der Waals surface area contributed by atoms with Crippen LogP contribution in [0.4, 0.5) is 5.95 Å². The summed E-state index contributed by atoms with van der Waals surface area (Å²) in [6.45, 7) is 4.51.